The molecule has 0 radical (unpaired) electrons. The summed E-state index contributed by atoms with van der Waals surface area (Å²) in [6.45, 7) is 0. The molecule has 0 aliphatic heterocycles. The van der Waals surface area contributed by atoms with Crippen LogP contribution in [0.3, 0.4) is 0 Å². The highest BCUT2D eigenvalue weighted by Crippen LogP contribution is 2.18. The van der Waals surface area contributed by atoms with Crippen molar-refractivity contribution in [3.63, 3.8) is 0 Å². The molecule has 0 unspecified atom stereocenters. The second kappa shape index (κ2) is 3.58. The Morgan fingerprint density at radius 2 is 2.00 bits per heavy atom. The summed E-state index contributed by atoms with van der Waals surface area (Å²) in [4.78, 5) is 0. The van der Waals surface area contributed by atoms with E-state index in [4.69, 9.17) is 9.68 Å². The van der Waals surface area contributed by atoms with Crippen LogP contribution in [0.2, 0.25) is 0 Å². The normalized spacial score (nSPS) is 9.36. The van der Waals surface area contributed by atoms with Gasteiger partial charge in [0.15, 0.2) is 6.19 Å². The fraction of sp³-hybridized carbons (Fsp3) is 0. The Morgan fingerprint density at radius 1 is 1.21 bits per heavy atom. The van der Waals surface area contributed by atoms with Crippen molar-refractivity contribution in [2.45, 2.75) is 0 Å². The number of aromatic nitrogens is 2. The summed E-state index contributed by atoms with van der Waals surface area (Å²) in [5, 5.41) is 18.0. The molecule has 0 spiro atoms. The van der Waals surface area contributed by atoms with Gasteiger partial charge in [-0.05, 0) is 12.1 Å². The largest absolute Gasteiger partial charge is 0.403 e. The van der Waals surface area contributed by atoms with Crippen molar-refractivity contribution in [3.05, 3.63) is 30.3 Å². The molecule has 0 aliphatic rings. The van der Waals surface area contributed by atoms with E-state index in [9.17, 15) is 0 Å². The lowest BCUT2D eigenvalue weighted by molar-refractivity contribution is 0.588. The number of hydrogen-bond acceptors (Lipinski definition) is 5. The molecule has 1 aromatic carbocycles. The summed E-state index contributed by atoms with van der Waals surface area (Å²) < 4.78 is 5.15. The van der Waals surface area contributed by atoms with Gasteiger partial charge >= 0.3 is 6.01 Å². The maximum Gasteiger partial charge on any atom is 0.329 e. The van der Waals surface area contributed by atoms with Gasteiger partial charge in [0, 0.05) is 5.56 Å². The Morgan fingerprint density at radius 3 is 2.71 bits per heavy atom. The van der Waals surface area contributed by atoms with E-state index in [1.54, 1.807) is 6.19 Å². The fourth-order valence-corrected chi connectivity index (χ4v) is 1.02. The third-order valence-corrected chi connectivity index (χ3v) is 1.61. The first-order valence-electron chi connectivity index (χ1n) is 3.94. The molecule has 1 aromatic heterocycles. The molecule has 2 rings (SSSR count). The zero-order chi connectivity index (χ0) is 9.80. The first kappa shape index (κ1) is 8.26. The fourth-order valence-electron chi connectivity index (χ4n) is 1.02. The molecule has 2 aromatic rings. The van der Waals surface area contributed by atoms with Crippen LogP contribution in [0.1, 0.15) is 0 Å². The molecule has 0 atom stereocenters. The highest BCUT2D eigenvalue weighted by atomic mass is 16.4. The zero-order valence-electron chi connectivity index (χ0n) is 7.14. The first-order valence-corrected chi connectivity index (χ1v) is 3.94. The van der Waals surface area contributed by atoms with E-state index in [1.165, 1.54) is 0 Å². The second-order valence-electron chi connectivity index (χ2n) is 2.52. The predicted octanol–water partition coefficient (Wildman–Crippen LogP) is 1.63. The van der Waals surface area contributed by atoms with Crippen molar-refractivity contribution in [2.24, 2.45) is 0 Å². The van der Waals surface area contributed by atoms with Gasteiger partial charge in [-0.25, -0.2) is 5.32 Å². The summed E-state index contributed by atoms with van der Waals surface area (Å²) in [5.41, 5.74) is 0.825. The number of benzene rings is 1. The van der Waals surface area contributed by atoms with E-state index in [0.717, 1.165) is 5.56 Å². The number of nitriles is 1. The van der Waals surface area contributed by atoms with Crippen LogP contribution in [0, 0.1) is 11.5 Å². The van der Waals surface area contributed by atoms with Crippen LogP contribution < -0.4 is 5.32 Å². The Balaban J connectivity index is 2.31. The lowest BCUT2D eigenvalue weighted by atomic mass is 10.2. The average Bonchev–Trinajstić information content (AvgIpc) is 2.68. The molecule has 0 aliphatic carbocycles. The van der Waals surface area contributed by atoms with Crippen molar-refractivity contribution in [1.29, 1.82) is 5.26 Å². The quantitative estimate of drug-likeness (QED) is 0.569. The van der Waals surface area contributed by atoms with Gasteiger partial charge in [-0.1, -0.05) is 23.3 Å². The van der Waals surface area contributed by atoms with Crippen LogP contribution in [-0.4, -0.2) is 10.2 Å². The summed E-state index contributed by atoms with van der Waals surface area (Å²) in [7, 11) is 0. The zero-order valence-corrected chi connectivity index (χ0v) is 7.14. The third kappa shape index (κ3) is 1.54. The summed E-state index contributed by atoms with van der Waals surface area (Å²) in [6, 6.07) is 9.45. The molecule has 0 fully saturated rings. The van der Waals surface area contributed by atoms with Crippen molar-refractivity contribution >= 4 is 6.01 Å². The van der Waals surface area contributed by atoms with E-state index in [2.05, 4.69) is 15.5 Å². The molecule has 5 heteroatoms. The molecule has 0 saturated carbocycles. The molecule has 14 heavy (non-hydrogen) atoms. The molecular formula is C9H6N4O. The Kier molecular flexibility index (Phi) is 2.11. The number of nitrogens with zero attached hydrogens (tertiary/aromatic N) is 3. The van der Waals surface area contributed by atoms with Gasteiger partial charge in [-0.2, -0.15) is 5.26 Å². The van der Waals surface area contributed by atoms with Crippen LogP contribution in [0.5, 0.6) is 0 Å². The number of hydrogen-bond donors (Lipinski definition) is 1. The second-order valence-corrected chi connectivity index (χ2v) is 2.52. The lowest BCUT2D eigenvalue weighted by Crippen LogP contribution is -1.85. The molecule has 1 N–H and O–H groups in total. The van der Waals surface area contributed by atoms with E-state index < -0.39 is 0 Å². The lowest BCUT2D eigenvalue weighted by Gasteiger charge is -1.91. The number of rotatable bonds is 2. The topological polar surface area (TPSA) is 74.7 Å². The van der Waals surface area contributed by atoms with E-state index in [1.807, 2.05) is 30.3 Å². The monoisotopic (exact) mass is 186 g/mol. The number of nitrogens with one attached hydrogen (secondary N) is 1. The van der Waals surface area contributed by atoms with Crippen molar-refractivity contribution in [3.8, 4) is 17.6 Å². The average molecular weight is 186 g/mol. The van der Waals surface area contributed by atoms with Crippen molar-refractivity contribution in [1.82, 2.24) is 10.2 Å². The molecular weight excluding hydrogens is 180 g/mol. The maximum absolute atomic E-state index is 8.31. The van der Waals surface area contributed by atoms with Crippen LogP contribution >= 0.6 is 0 Å². The molecule has 0 saturated heterocycles. The summed E-state index contributed by atoms with van der Waals surface area (Å²) in [5.74, 6) is 0.392. The molecule has 68 valence electrons. The van der Waals surface area contributed by atoms with E-state index in [-0.39, 0.29) is 6.01 Å². The Hall–Kier alpha value is -2.35. The molecule has 5 nitrogen and oxygen atoms in total. The SMILES string of the molecule is N#CNc1nnc(-c2ccccc2)o1. The number of anilines is 1. The Bertz CT molecular complexity index is 457. The Labute approximate surface area is 80.0 Å². The standard InChI is InChI=1S/C9H6N4O/c10-6-11-9-13-12-8(14-9)7-4-2-1-3-5-7/h1-5H,(H,11,13). The molecule has 0 amide bonds. The molecule has 0 bridgehead atoms. The highest BCUT2D eigenvalue weighted by molar-refractivity contribution is 5.52. The maximum atomic E-state index is 8.31. The van der Waals surface area contributed by atoms with E-state index >= 15 is 0 Å². The van der Waals surface area contributed by atoms with Crippen molar-refractivity contribution in [2.75, 3.05) is 5.32 Å². The van der Waals surface area contributed by atoms with Crippen LogP contribution in [0.25, 0.3) is 11.5 Å². The smallest absolute Gasteiger partial charge is 0.329 e. The van der Waals surface area contributed by atoms with Crippen LogP contribution in [-0.2, 0) is 0 Å². The van der Waals surface area contributed by atoms with E-state index in [0.29, 0.717) is 5.89 Å². The van der Waals surface area contributed by atoms with Crippen LogP contribution in [0.4, 0.5) is 6.01 Å². The third-order valence-electron chi connectivity index (χ3n) is 1.61. The predicted molar refractivity (Wildman–Crippen MR) is 49.0 cm³/mol. The summed E-state index contributed by atoms with van der Waals surface area (Å²) >= 11 is 0. The van der Waals surface area contributed by atoms with Gasteiger partial charge in [0.2, 0.25) is 5.89 Å². The first-order chi connectivity index (χ1) is 6.90. The van der Waals surface area contributed by atoms with Gasteiger partial charge in [0.1, 0.15) is 0 Å². The van der Waals surface area contributed by atoms with Gasteiger partial charge in [0.25, 0.3) is 0 Å². The molecule has 1 heterocycles. The minimum Gasteiger partial charge on any atom is -0.403 e. The van der Waals surface area contributed by atoms with Crippen LogP contribution in [0.15, 0.2) is 34.7 Å². The highest BCUT2D eigenvalue weighted by Gasteiger charge is 2.06. The van der Waals surface area contributed by atoms with Gasteiger partial charge < -0.3 is 4.42 Å². The van der Waals surface area contributed by atoms with Crippen molar-refractivity contribution < 1.29 is 4.42 Å². The van der Waals surface area contributed by atoms with Gasteiger partial charge in [-0.3, -0.25) is 0 Å². The minimum absolute atomic E-state index is 0.103. The van der Waals surface area contributed by atoms with Gasteiger partial charge in [0.05, 0.1) is 0 Å². The van der Waals surface area contributed by atoms with Gasteiger partial charge in [-0.15, -0.1) is 5.10 Å². The summed E-state index contributed by atoms with van der Waals surface area (Å²) in [6.07, 6.45) is 1.70. The minimum atomic E-state index is 0.103.